The van der Waals surface area contributed by atoms with Gasteiger partial charge in [-0.15, -0.1) is 0 Å². The summed E-state index contributed by atoms with van der Waals surface area (Å²) in [5.74, 6) is -0.775. The Bertz CT molecular complexity index is 1430. The van der Waals surface area contributed by atoms with Crippen molar-refractivity contribution in [3.05, 3.63) is 107 Å². The van der Waals surface area contributed by atoms with Crippen LogP contribution in [0.4, 0.5) is 0 Å². The Balaban J connectivity index is 1.25. The van der Waals surface area contributed by atoms with Crippen molar-refractivity contribution in [1.82, 2.24) is 20.1 Å². The predicted octanol–water partition coefficient (Wildman–Crippen LogP) is 4.65. The van der Waals surface area contributed by atoms with Gasteiger partial charge in [-0.2, -0.15) is 0 Å². The molecule has 8 heteroatoms. The third-order valence-corrected chi connectivity index (χ3v) is 8.01. The number of piperidine rings is 1. The van der Waals surface area contributed by atoms with Gasteiger partial charge in [-0.05, 0) is 54.7 Å². The summed E-state index contributed by atoms with van der Waals surface area (Å²) in [5.41, 5.74) is 3.32. The van der Waals surface area contributed by atoms with E-state index < -0.39 is 18.1 Å². The minimum atomic E-state index is -1.39. The first-order valence-corrected chi connectivity index (χ1v) is 14.1. The number of carbonyl (C=O) groups excluding carboxylic acids is 2. The predicted molar refractivity (Wildman–Crippen MR) is 158 cm³/mol. The van der Waals surface area contributed by atoms with Crippen LogP contribution in [0.25, 0.3) is 10.9 Å². The van der Waals surface area contributed by atoms with Crippen LogP contribution in [0.3, 0.4) is 0 Å². The Morgan fingerprint density at radius 2 is 1.65 bits per heavy atom. The molecule has 1 aliphatic rings. The molecule has 0 saturated carbocycles. The summed E-state index contributed by atoms with van der Waals surface area (Å²) in [7, 11) is 1.76. The van der Waals surface area contributed by atoms with Crippen LogP contribution in [0.15, 0.2) is 84.9 Å². The number of rotatable bonds is 9. The van der Waals surface area contributed by atoms with Crippen LogP contribution in [-0.2, 0) is 17.8 Å². The van der Waals surface area contributed by atoms with Gasteiger partial charge in [-0.3, -0.25) is 14.5 Å². The van der Waals surface area contributed by atoms with Crippen molar-refractivity contribution in [3.63, 3.8) is 0 Å². The van der Waals surface area contributed by atoms with Crippen molar-refractivity contribution in [2.45, 2.75) is 44.0 Å². The number of amides is 2. The second-order valence-corrected chi connectivity index (χ2v) is 11.0. The molecule has 1 saturated heterocycles. The molecule has 7 nitrogen and oxygen atoms in total. The number of aliphatic hydroxyl groups excluding tert-OH is 1. The molecule has 0 bridgehead atoms. The van der Waals surface area contributed by atoms with Crippen molar-refractivity contribution in [1.29, 1.82) is 0 Å². The molecule has 4 aromatic rings. The Morgan fingerprint density at radius 1 is 1.00 bits per heavy atom. The molecule has 2 atom stereocenters. The summed E-state index contributed by atoms with van der Waals surface area (Å²) in [4.78, 5) is 34.0. The third-order valence-electron chi connectivity index (χ3n) is 7.78. The molecule has 0 aliphatic carbocycles. The van der Waals surface area contributed by atoms with Crippen LogP contribution in [0.2, 0.25) is 5.02 Å². The third kappa shape index (κ3) is 6.73. The number of aromatic nitrogens is 1. The van der Waals surface area contributed by atoms with Crippen LogP contribution >= 0.6 is 11.6 Å². The lowest BCUT2D eigenvalue weighted by Gasteiger charge is -2.38. The highest BCUT2D eigenvalue weighted by Gasteiger charge is 2.34. The van der Waals surface area contributed by atoms with Crippen LogP contribution in [0, 0.1) is 0 Å². The highest BCUT2D eigenvalue weighted by Crippen LogP contribution is 2.22. The maximum absolute atomic E-state index is 13.5. The average molecular weight is 559 g/mol. The summed E-state index contributed by atoms with van der Waals surface area (Å²) in [6.07, 6.45) is 0.578. The number of hydrogen-bond donors (Lipinski definition) is 3. The molecule has 2 amide bonds. The highest BCUT2D eigenvalue weighted by molar-refractivity contribution is 6.31. The Kier molecular flexibility index (Phi) is 8.85. The number of likely N-dealkylation sites (N-methyl/N-ethyl adjacent to an activating group) is 1. The van der Waals surface area contributed by atoms with E-state index in [1.165, 1.54) is 5.56 Å². The minimum absolute atomic E-state index is 0.0284. The van der Waals surface area contributed by atoms with E-state index in [0.717, 1.165) is 48.9 Å². The maximum atomic E-state index is 13.5. The molecular weight excluding hydrogens is 524 g/mol. The van der Waals surface area contributed by atoms with Gasteiger partial charge in [0.15, 0.2) is 6.10 Å². The quantitative estimate of drug-likeness (QED) is 0.279. The van der Waals surface area contributed by atoms with Crippen LogP contribution in [-0.4, -0.2) is 70.0 Å². The zero-order chi connectivity index (χ0) is 28.1. The fourth-order valence-corrected chi connectivity index (χ4v) is 5.63. The average Bonchev–Trinajstić information content (AvgIpc) is 3.41. The van der Waals surface area contributed by atoms with Gasteiger partial charge in [0.05, 0.1) is 6.04 Å². The van der Waals surface area contributed by atoms with Gasteiger partial charge in [0.1, 0.15) is 5.69 Å². The molecule has 1 aromatic heterocycles. The van der Waals surface area contributed by atoms with E-state index in [9.17, 15) is 14.7 Å². The lowest BCUT2D eigenvalue weighted by molar-refractivity contribution is -0.143. The van der Waals surface area contributed by atoms with E-state index in [0.29, 0.717) is 17.1 Å². The number of likely N-dealkylation sites (tertiary alicyclic amines) is 1. The van der Waals surface area contributed by atoms with E-state index in [1.807, 2.05) is 54.6 Å². The lowest BCUT2D eigenvalue weighted by Crippen LogP contribution is -2.55. The first kappa shape index (κ1) is 27.9. The van der Waals surface area contributed by atoms with Crippen molar-refractivity contribution >= 4 is 34.3 Å². The number of halogens is 1. The van der Waals surface area contributed by atoms with Gasteiger partial charge in [0.25, 0.3) is 11.8 Å². The molecule has 40 heavy (non-hydrogen) atoms. The number of H-pyrrole nitrogens is 1. The van der Waals surface area contributed by atoms with Crippen molar-refractivity contribution < 1.29 is 14.7 Å². The molecule has 0 radical (unpaired) electrons. The normalized spacial score (nSPS) is 16.0. The summed E-state index contributed by atoms with van der Waals surface area (Å²) in [5, 5.41) is 15.6. The van der Waals surface area contributed by atoms with E-state index >= 15 is 0 Å². The topological polar surface area (TPSA) is 88.7 Å². The Labute approximate surface area is 239 Å². The fraction of sp³-hybridized carbons (Fsp3) is 0.312. The Morgan fingerprint density at radius 3 is 2.33 bits per heavy atom. The first-order valence-electron chi connectivity index (χ1n) is 13.7. The van der Waals surface area contributed by atoms with Crippen LogP contribution < -0.4 is 5.32 Å². The molecule has 0 spiro atoms. The molecule has 1 fully saturated rings. The molecule has 0 unspecified atom stereocenters. The van der Waals surface area contributed by atoms with Crippen molar-refractivity contribution in [2.75, 3.05) is 20.1 Å². The molecule has 1 aliphatic heterocycles. The van der Waals surface area contributed by atoms with Gasteiger partial charge in [-0.25, -0.2) is 0 Å². The first-order chi connectivity index (χ1) is 19.4. The number of aromatic amines is 1. The number of aliphatic hydroxyl groups is 1. The molecule has 3 N–H and O–H groups in total. The van der Waals surface area contributed by atoms with Gasteiger partial charge >= 0.3 is 0 Å². The zero-order valence-electron chi connectivity index (χ0n) is 22.6. The second-order valence-electron chi connectivity index (χ2n) is 10.6. The van der Waals surface area contributed by atoms with E-state index in [4.69, 9.17) is 11.6 Å². The van der Waals surface area contributed by atoms with E-state index in [-0.39, 0.29) is 11.9 Å². The van der Waals surface area contributed by atoms with Crippen molar-refractivity contribution in [3.8, 4) is 0 Å². The van der Waals surface area contributed by atoms with Gasteiger partial charge in [-0.1, -0.05) is 72.3 Å². The zero-order valence-corrected chi connectivity index (χ0v) is 23.3. The smallest absolute Gasteiger partial charge is 0.268 e. The molecule has 208 valence electrons. The maximum Gasteiger partial charge on any atom is 0.268 e. The number of hydrogen-bond acceptors (Lipinski definition) is 4. The number of nitrogens with zero attached hydrogens (tertiary/aromatic N) is 2. The summed E-state index contributed by atoms with van der Waals surface area (Å²) < 4.78 is 0. The SMILES string of the molecule is CN(C(=O)[C@H](O)[C@H](Cc1ccccc1)NC(=O)c1cc2cc(Cl)ccc2[nH]1)C1CCN(Cc2ccccc2)CC1. The fourth-order valence-electron chi connectivity index (χ4n) is 5.45. The molecule has 2 heterocycles. The van der Waals surface area contributed by atoms with E-state index in [2.05, 4.69) is 27.3 Å². The Hall–Kier alpha value is -3.65. The molecule has 5 rings (SSSR count). The largest absolute Gasteiger partial charge is 0.381 e. The number of nitrogens with one attached hydrogen (secondary N) is 2. The molecule has 3 aromatic carbocycles. The number of carbonyl (C=O) groups is 2. The molecular formula is C32H35ClN4O3. The van der Waals surface area contributed by atoms with Gasteiger partial charge < -0.3 is 20.3 Å². The highest BCUT2D eigenvalue weighted by atomic mass is 35.5. The van der Waals surface area contributed by atoms with Crippen LogP contribution in [0.5, 0.6) is 0 Å². The van der Waals surface area contributed by atoms with Gasteiger partial charge in [0, 0.05) is 48.6 Å². The second kappa shape index (κ2) is 12.7. The van der Waals surface area contributed by atoms with Crippen molar-refractivity contribution in [2.24, 2.45) is 0 Å². The lowest BCUT2D eigenvalue weighted by atomic mass is 9.98. The van der Waals surface area contributed by atoms with E-state index in [1.54, 1.807) is 30.1 Å². The number of benzene rings is 3. The standard InChI is InChI=1S/C32H35ClN4O3/c1-36(26-14-16-37(17-15-26)21-23-10-6-3-7-11-23)32(40)30(38)28(18-22-8-4-2-5-9-22)35-31(39)29-20-24-19-25(33)12-13-27(24)34-29/h2-13,19-20,26,28,30,34,38H,14-18,21H2,1H3,(H,35,39)/t28-,30+/m0/s1. The summed E-state index contributed by atoms with van der Waals surface area (Å²) in [6, 6.07) is 26.2. The summed E-state index contributed by atoms with van der Waals surface area (Å²) >= 11 is 6.10. The van der Waals surface area contributed by atoms with Crippen LogP contribution in [0.1, 0.15) is 34.5 Å². The number of fused-ring (bicyclic) bond motifs is 1. The monoisotopic (exact) mass is 558 g/mol. The van der Waals surface area contributed by atoms with Gasteiger partial charge in [0.2, 0.25) is 0 Å². The minimum Gasteiger partial charge on any atom is -0.381 e. The summed E-state index contributed by atoms with van der Waals surface area (Å²) in [6.45, 7) is 2.64.